The van der Waals surface area contributed by atoms with Crippen molar-refractivity contribution in [2.75, 3.05) is 13.7 Å². The zero-order valence-electron chi connectivity index (χ0n) is 8.04. The fraction of sp³-hybridized carbons (Fsp3) is 0.400. The Bertz CT molecular complexity index is 263. The molecule has 3 heteroatoms. The van der Waals surface area contributed by atoms with Gasteiger partial charge >= 0.3 is 0 Å². The van der Waals surface area contributed by atoms with E-state index in [1.807, 2.05) is 13.0 Å². The summed E-state index contributed by atoms with van der Waals surface area (Å²) in [6, 6.07) is 6.16. The van der Waals surface area contributed by atoms with Gasteiger partial charge in [-0.05, 0) is 37.1 Å². The molecular weight excluding hydrogens is 186 g/mol. The van der Waals surface area contributed by atoms with E-state index in [1.54, 1.807) is 7.11 Å². The average Bonchev–Trinajstić information content (AvgIpc) is 2.05. The van der Waals surface area contributed by atoms with Crippen LogP contribution < -0.4 is 10.5 Å². The molecule has 0 aliphatic heterocycles. The van der Waals surface area contributed by atoms with E-state index in [1.165, 1.54) is 11.1 Å². The van der Waals surface area contributed by atoms with Crippen LogP contribution in [0.1, 0.15) is 11.1 Å². The number of halogens is 1. The highest BCUT2D eigenvalue weighted by Gasteiger charge is 1.98. The fourth-order valence-corrected chi connectivity index (χ4v) is 1.26. The van der Waals surface area contributed by atoms with Crippen LogP contribution in [-0.2, 0) is 6.42 Å². The van der Waals surface area contributed by atoms with E-state index < -0.39 is 0 Å². The lowest BCUT2D eigenvalue weighted by molar-refractivity contribution is 0.411. The summed E-state index contributed by atoms with van der Waals surface area (Å²) in [6.45, 7) is 2.74. The standard InChI is InChI=1S/C10H15NO.ClH/c1-8-7-9(5-6-11)3-4-10(8)12-2;/h3-4,7H,5-6,11H2,1-2H3;1H. The molecule has 1 aromatic carbocycles. The van der Waals surface area contributed by atoms with Gasteiger partial charge in [-0.15, -0.1) is 12.4 Å². The van der Waals surface area contributed by atoms with Gasteiger partial charge in [0, 0.05) is 0 Å². The Morgan fingerprint density at radius 1 is 1.38 bits per heavy atom. The third-order valence-electron chi connectivity index (χ3n) is 1.89. The molecule has 1 aromatic rings. The normalized spacial score (nSPS) is 9.15. The van der Waals surface area contributed by atoms with Crippen LogP contribution in [0, 0.1) is 6.92 Å². The number of ether oxygens (including phenoxy) is 1. The first-order valence-corrected chi connectivity index (χ1v) is 4.11. The van der Waals surface area contributed by atoms with Gasteiger partial charge in [-0.2, -0.15) is 0 Å². The largest absolute Gasteiger partial charge is 0.496 e. The van der Waals surface area contributed by atoms with Crippen molar-refractivity contribution in [3.05, 3.63) is 29.3 Å². The predicted octanol–water partition coefficient (Wildman–Crippen LogP) is 1.93. The quantitative estimate of drug-likeness (QED) is 0.811. The second kappa shape index (κ2) is 5.84. The maximum atomic E-state index is 5.45. The minimum atomic E-state index is 0. The van der Waals surface area contributed by atoms with Crippen LogP contribution in [0.25, 0.3) is 0 Å². The van der Waals surface area contributed by atoms with Gasteiger partial charge < -0.3 is 10.5 Å². The number of nitrogens with two attached hydrogens (primary N) is 1. The molecule has 0 atom stereocenters. The smallest absolute Gasteiger partial charge is 0.121 e. The van der Waals surface area contributed by atoms with Crippen molar-refractivity contribution in [1.82, 2.24) is 0 Å². The van der Waals surface area contributed by atoms with Crippen LogP contribution in [0.3, 0.4) is 0 Å². The van der Waals surface area contributed by atoms with E-state index in [0.717, 1.165) is 12.2 Å². The van der Waals surface area contributed by atoms with E-state index in [9.17, 15) is 0 Å². The molecule has 0 spiro atoms. The molecule has 1 rings (SSSR count). The minimum absolute atomic E-state index is 0. The predicted molar refractivity (Wildman–Crippen MR) is 57.7 cm³/mol. The van der Waals surface area contributed by atoms with E-state index in [4.69, 9.17) is 10.5 Å². The third kappa shape index (κ3) is 3.25. The Balaban J connectivity index is 0.00000144. The molecule has 0 fully saturated rings. The Labute approximate surface area is 85.5 Å². The summed E-state index contributed by atoms with van der Waals surface area (Å²) in [5, 5.41) is 0. The van der Waals surface area contributed by atoms with Gasteiger partial charge in [0.2, 0.25) is 0 Å². The van der Waals surface area contributed by atoms with Gasteiger partial charge in [-0.25, -0.2) is 0 Å². The summed E-state index contributed by atoms with van der Waals surface area (Å²) < 4.78 is 5.15. The molecule has 0 aliphatic rings. The van der Waals surface area contributed by atoms with Crippen molar-refractivity contribution in [2.24, 2.45) is 5.73 Å². The molecule has 0 bridgehead atoms. The lowest BCUT2D eigenvalue weighted by atomic mass is 10.1. The zero-order valence-corrected chi connectivity index (χ0v) is 8.86. The van der Waals surface area contributed by atoms with Gasteiger partial charge in [0.25, 0.3) is 0 Å². The maximum Gasteiger partial charge on any atom is 0.121 e. The molecular formula is C10H16ClNO. The van der Waals surface area contributed by atoms with E-state index in [-0.39, 0.29) is 12.4 Å². The summed E-state index contributed by atoms with van der Waals surface area (Å²) in [5.74, 6) is 0.941. The summed E-state index contributed by atoms with van der Waals surface area (Å²) in [7, 11) is 1.69. The fourth-order valence-electron chi connectivity index (χ4n) is 1.26. The Morgan fingerprint density at radius 3 is 2.54 bits per heavy atom. The number of hydrogen-bond acceptors (Lipinski definition) is 2. The topological polar surface area (TPSA) is 35.2 Å². The lowest BCUT2D eigenvalue weighted by Gasteiger charge is -2.05. The molecule has 0 unspecified atom stereocenters. The molecule has 0 radical (unpaired) electrons. The van der Waals surface area contributed by atoms with Gasteiger partial charge in [-0.3, -0.25) is 0 Å². The molecule has 0 heterocycles. The molecule has 0 saturated heterocycles. The molecule has 2 nitrogen and oxygen atoms in total. The Hall–Kier alpha value is -0.730. The van der Waals surface area contributed by atoms with Crippen molar-refractivity contribution in [3.63, 3.8) is 0 Å². The van der Waals surface area contributed by atoms with Crippen LogP contribution in [-0.4, -0.2) is 13.7 Å². The highest BCUT2D eigenvalue weighted by molar-refractivity contribution is 5.85. The first-order valence-electron chi connectivity index (χ1n) is 4.11. The number of benzene rings is 1. The second-order valence-corrected chi connectivity index (χ2v) is 2.84. The second-order valence-electron chi connectivity index (χ2n) is 2.84. The number of rotatable bonds is 3. The van der Waals surface area contributed by atoms with Gasteiger partial charge in [0.1, 0.15) is 5.75 Å². The van der Waals surface area contributed by atoms with Crippen LogP contribution in [0.2, 0.25) is 0 Å². The molecule has 2 N–H and O–H groups in total. The zero-order chi connectivity index (χ0) is 8.97. The molecule has 74 valence electrons. The molecule has 13 heavy (non-hydrogen) atoms. The highest BCUT2D eigenvalue weighted by atomic mass is 35.5. The number of methoxy groups -OCH3 is 1. The van der Waals surface area contributed by atoms with Gasteiger partial charge in [0.15, 0.2) is 0 Å². The Kier molecular flexibility index (Phi) is 5.51. The monoisotopic (exact) mass is 201 g/mol. The van der Waals surface area contributed by atoms with E-state index in [2.05, 4.69) is 12.1 Å². The summed E-state index contributed by atoms with van der Waals surface area (Å²) in [4.78, 5) is 0. The van der Waals surface area contributed by atoms with Crippen molar-refractivity contribution in [1.29, 1.82) is 0 Å². The summed E-state index contributed by atoms with van der Waals surface area (Å²) >= 11 is 0. The van der Waals surface area contributed by atoms with E-state index >= 15 is 0 Å². The lowest BCUT2D eigenvalue weighted by Crippen LogP contribution is -2.02. The average molecular weight is 202 g/mol. The number of aryl methyl sites for hydroxylation is 1. The minimum Gasteiger partial charge on any atom is -0.496 e. The van der Waals surface area contributed by atoms with Crippen LogP contribution in [0.5, 0.6) is 5.75 Å². The Morgan fingerprint density at radius 2 is 2.08 bits per heavy atom. The van der Waals surface area contributed by atoms with Gasteiger partial charge in [-0.1, -0.05) is 12.1 Å². The first kappa shape index (κ1) is 12.3. The van der Waals surface area contributed by atoms with Crippen LogP contribution in [0.4, 0.5) is 0 Å². The first-order chi connectivity index (χ1) is 5.77. The van der Waals surface area contributed by atoms with Crippen molar-refractivity contribution in [3.8, 4) is 5.75 Å². The molecule has 0 saturated carbocycles. The molecule has 0 aliphatic carbocycles. The van der Waals surface area contributed by atoms with Crippen LogP contribution >= 0.6 is 12.4 Å². The van der Waals surface area contributed by atoms with Crippen molar-refractivity contribution >= 4 is 12.4 Å². The SMILES string of the molecule is COc1ccc(CCN)cc1C.Cl. The highest BCUT2D eigenvalue weighted by Crippen LogP contribution is 2.18. The third-order valence-corrected chi connectivity index (χ3v) is 1.89. The van der Waals surface area contributed by atoms with Crippen molar-refractivity contribution in [2.45, 2.75) is 13.3 Å². The van der Waals surface area contributed by atoms with Crippen LogP contribution in [0.15, 0.2) is 18.2 Å². The summed E-state index contributed by atoms with van der Waals surface area (Å²) in [6.07, 6.45) is 0.935. The summed E-state index contributed by atoms with van der Waals surface area (Å²) in [5.41, 5.74) is 7.89. The molecule has 0 aromatic heterocycles. The van der Waals surface area contributed by atoms with Crippen molar-refractivity contribution < 1.29 is 4.74 Å². The number of hydrogen-bond donors (Lipinski definition) is 1. The molecule has 0 amide bonds. The maximum absolute atomic E-state index is 5.45. The van der Waals surface area contributed by atoms with E-state index in [0.29, 0.717) is 6.54 Å². The van der Waals surface area contributed by atoms with Gasteiger partial charge in [0.05, 0.1) is 7.11 Å².